The molecule has 0 aromatic heterocycles. The molecule has 1 atom stereocenters. The lowest BCUT2D eigenvalue weighted by Crippen LogP contribution is -2.60. The van der Waals surface area contributed by atoms with Gasteiger partial charge in [-0.1, -0.05) is 103 Å². The van der Waals surface area contributed by atoms with Crippen LogP contribution in [0.5, 0.6) is 0 Å². The van der Waals surface area contributed by atoms with Crippen molar-refractivity contribution in [3.05, 3.63) is 108 Å². The van der Waals surface area contributed by atoms with Crippen molar-refractivity contribution < 1.29 is 0 Å². The van der Waals surface area contributed by atoms with Gasteiger partial charge >= 0.3 is 0 Å². The zero-order chi connectivity index (χ0) is 19.2. The maximum Gasteiger partial charge on any atom is 0.0985 e. The average Bonchev–Trinajstić information content (AvgIpc) is 2.74. The maximum absolute atomic E-state index is 5.90. The van der Waals surface area contributed by atoms with Gasteiger partial charge in [-0.3, -0.25) is 5.01 Å². The fraction of sp³-hybridized carbons (Fsp3) is 0.208. The first kappa shape index (κ1) is 18.8. The van der Waals surface area contributed by atoms with Gasteiger partial charge in [-0.05, 0) is 23.1 Å². The molecule has 28 heavy (non-hydrogen) atoms. The number of benzene rings is 3. The van der Waals surface area contributed by atoms with E-state index in [0.29, 0.717) is 5.92 Å². The molecule has 4 heteroatoms. The molecule has 1 aliphatic heterocycles. The Balaban J connectivity index is 1.53. The lowest BCUT2D eigenvalue weighted by atomic mass is 9.97. The molecular weight excluding hydrogens is 362 g/mol. The minimum absolute atomic E-state index is 0.297. The molecule has 0 aliphatic carbocycles. The van der Waals surface area contributed by atoms with Crippen LogP contribution >= 0.6 is 12.2 Å². The molecule has 3 aromatic rings. The number of hydrazine groups is 2. The number of thiocarbonyl (C=S) groups is 1. The maximum atomic E-state index is 5.90. The van der Waals surface area contributed by atoms with Crippen molar-refractivity contribution >= 4 is 17.2 Å². The quantitative estimate of drug-likeness (QED) is 0.622. The molecule has 0 amide bonds. The zero-order valence-electron chi connectivity index (χ0n) is 15.9. The molecule has 142 valence electrons. The summed E-state index contributed by atoms with van der Waals surface area (Å²) in [5.74, 6) is 0.297. The first-order chi connectivity index (χ1) is 13.8. The van der Waals surface area contributed by atoms with E-state index in [4.69, 9.17) is 12.2 Å². The lowest BCUT2D eigenvalue weighted by molar-refractivity contribution is 0.0253. The Morgan fingerprint density at radius 1 is 0.714 bits per heavy atom. The van der Waals surface area contributed by atoms with Crippen LogP contribution in [0, 0.1) is 5.92 Å². The third-order valence-electron chi connectivity index (χ3n) is 5.04. The normalized spacial score (nSPS) is 17.6. The summed E-state index contributed by atoms with van der Waals surface area (Å²) in [5, 5.41) is 4.41. The Labute approximate surface area is 172 Å². The van der Waals surface area contributed by atoms with E-state index in [1.54, 1.807) is 0 Å². The summed E-state index contributed by atoms with van der Waals surface area (Å²) < 4.78 is 0. The number of nitrogens with one attached hydrogen (secondary N) is 1. The van der Waals surface area contributed by atoms with Gasteiger partial charge in [0.2, 0.25) is 0 Å². The van der Waals surface area contributed by atoms with E-state index in [1.165, 1.54) is 16.7 Å². The van der Waals surface area contributed by atoms with Crippen LogP contribution in [0.1, 0.15) is 16.7 Å². The van der Waals surface area contributed by atoms with Crippen LogP contribution in [0.15, 0.2) is 91.0 Å². The predicted octanol–water partition coefficient (Wildman–Crippen LogP) is 4.61. The van der Waals surface area contributed by atoms with E-state index in [9.17, 15) is 0 Å². The largest absolute Gasteiger partial charge is 0.283 e. The van der Waals surface area contributed by atoms with Crippen molar-refractivity contribution in [3.63, 3.8) is 0 Å². The molecule has 3 nitrogen and oxygen atoms in total. The van der Waals surface area contributed by atoms with Crippen LogP contribution in [-0.2, 0) is 19.5 Å². The van der Waals surface area contributed by atoms with Gasteiger partial charge in [0.1, 0.15) is 0 Å². The van der Waals surface area contributed by atoms with Crippen molar-refractivity contribution in [3.8, 4) is 0 Å². The smallest absolute Gasteiger partial charge is 0.0985 e. The second kappa shape index (κ2) is 9.11. The van der Waals surface area contributed by atoms with Gasteiger partial charge < -0.3 is 0 Å². The highest BCUT2D eigenvalue weighted by Crippen LogP contribution is 2.21. The van der Waals surface area contributed by atoms with Crippen LogP contribution < -0.4 is 5.53 Å². The van der Waals surface area contributed by atoms with E-state index in [2.05, 4.69) is 100 Å². The number of hydrogen-bond acceptors (Lipinski definition) is 3. The highest BCUT2D eigenvalue weighted by atomic mass is 32.1. The van der Waals surface area contributed by atoms with Crippen molar-refractivity contribution in [2.24, 2.45) is 5.92 Å². The van der Waals surface area contributed by atoms with E-state index >= 15 is 0 Å². The van der Waals surface area contributed by atoms with Gasteiger partial charge in [-0.25, -0.2) is 5.01 Å². The molecule has 0 unspecified atom stereocenters. The first-order valence-electron chi connectivity index (χ1n) is 9.72. The molecule has 1 saturated heterocycles. The van der Waals surface area contributed by atoms with Crippen molar-refractivity contribution in [2.75, 3.05) is 6.54 Å². The molecule has 4 rings (SSSR count). The van der Waals surface area contributed by atoms with Gasteiger partial charge in [0.15, 0.2) is 0 Å². The van der Waals surface area contributed by atoms with Crippen LogP contribution in [0.2, 0.25) is 0 Å². The van der Waals surface area contributed by atoms with E-state index < -0.39 is 0 Å². The van der Waals surface area contributed by atoms with Gasteiger partial charge in [0.25, 0.3) is 0 Å². The molecule has 0 spiro atoms. The third kappa shape index (κ3) is 4.84. The highest BCUT2D eigenvalue weighted by Gasteiger charge is 2.30. The number of rotatable bonds is 6. The Kier molecular flexibility index (Phi) is 6.12. The minimum atomic E-state index is 0.297. The second-order valence-electron chi connectivity index (χ2n) is 7.26. The van der Waals surface area contributed by atoms with Gasteiger partial charge in [0.05, 0.1) is 11.5 Å². The number of nitrogens with zero attached hydrogens (tertiary/aromatic N) is 2. The highest BCUT2D eigenvalue weighted by molar-refractivity contribution is 7.80. The average molecular weight is 388 g/mol. The minimum Gasteiger partial charge on any atom is -0.283 e. The first-order valence-corrected chi connectivity index (χ1v) is 10.1. The fourth-order valence-corrected chi connectivity index (χ4v) is 3.92. The van der Waals surface area contributed by atoms with E-state index in [1.807, 2.05) is 6.07 Å². The zero-order valence-corrected chi connectivity index (χ0v) is 16.7. The molecule has 0 bridgehead atoms. The lowest BCUT2D eigenvalue weighted by Gasteiger charge is -2.42. The van der Waals surface area contributed by atoms with Crippen LogP contribution in [-0.4, -0.2) is 21.6 Å². The summed E-state index contributed by atoms with van der Waals surface area (Å²) in [6.07, 6.45) is 0.956. The SMILES string of the molecule is S=C1[C@@H](Cc2ccccc2)CN(Cc2ccccc2)NN1Cc1ccccc1. The topological polar surface area (TPSA) is 18.5 Å². The van der Waals surface area contributed by atoms with Gasteiger partial charge in [0, 0.05) is 19.0 Å². The summed E-state index contributed by atoms with van der Waals surface area (Å²) >= 11 is 5.90. The summed E-state index contributed by atoms with van der Waals surface area (Å²) in [7, 11) is 0. The van der Waals surface area contributed by atoms with Gasteiger partial charge in [-0.2, -0.15) is 5.53 Å². The standard InChI is InChI=1S/C24H25N3S/c28-24-23(16-20-10-4-1-5-11-20)19-26(17-21-12-6-2-7-13-21)25-27(24)18-22-14-8-3-9-15-22/h1-15,23,25H,16-19H2/t23-/m0/s1. The summed E-state index contributed by atoms with van der Waals surface area (Å²) in [6.45, 7) is 2.50. The predicted molar refractivity (Wildman–Crippen MR) is 118 cm³/mol. The molecule has 1 fully saturated rings. The Morgan fingerprint density at radius 2 is 1.21 bits per heavy atom. The monoisotopic (exact) mass is 387 g/mol. The van der Waals surface area contributed by atoms with Crippen LogP contribution in [0.4, 0.5) is 0 Å². The summed E-state index contributed by atoms with van der Waals surface area (Å²) in [4.78, 5) is 0.983. The molecule has 3 aromatic carbocycles. The van der Waals surface area contributed by atoms with E-state index in [-0.39, 0.29) is 0 Å². The number of hydrogen-bond donors (Lipinski definition) is 1. The van der Waals surface area contributed by atoms with Gasteiger partial charge in [-0.15, -0.1) is 0 Å². The fourth-order valence-electron chi connectivity index (χ4n) is 3.66. The molecular formula is C24H25N3S. The Morgan fingerprint density at radius 3 is 1.79 bits per heavy atom. The van der Waals surface area contributed by atoms with Crippen molar-refractivity contribution in [1.29, 1.82) is 0 Å². The summed E-state index contributed by atoms with van der Waals surface area (Å²) in [5.41, 5.74) is 7.41. The van der Waals surface area contributed by atoms with Crippen molar-refractivity contribution in [2.45, 2.75) is 19.5 Å². The molecule has 1 heterocycles. The molecule has 0 saturated carbocycles. The second-order valence-corrected chi connectivity index (χ2v) is 7.68. The third-order valence-corrected chi connectivity index (χ3v) is 5.60. The Hall–Kier alpha value is -2.53. The van der Waals surface area contributed by atoms with Crippen molar-refractivity contribution in [1.82, 2.24) is 15.6 Å². The van der Waals surface area contributed by atoms with Crippen LogP contribution in [0.25, 0.3) is 0 Å². The van der Waals surface area contributed by atoms with Crippen LogP contribution in [0.3, 0.4) is 0 Å². The molecule has 0 radical (unpaired) electrons. The molecule has 1 N–H and O–H groups in total. The Bertz CT molecular complexity index is 830. The molecule has 1 aliphatic rings. The van der Waals surface area contributed by atoms with E-state index in [0.717, 1.165) is 31.0 Å². The summed E-state index contributed by atoms with van der Waals surface area (Å²) in [6, 6.07) is 31.7.